The van der Waals surface area contributed by atoms with E-state index in [-0.39, 0.29) is 0 Å². The van der Waals surface area contributed by atoms with Gasteiger partial charge in [0.15, 0.2) is 0 Å². The van der Waals surface area contributed by atoms with Gasteiger partial charge in [-0.25, -0.2) is 0 Å². The van der Waals surface area contributed by atoms with Gasteiger partial charge in [-0.15, -0.1) is 0 Å². The highest BCUT2D eigenvalue weighted by molar-refractivity contribution is 5.27. The Morgan fingerprint density at radius 3 is 2.36 bits per heavy atom. The summed E-state index contributed by atoms with van der Waals surface area (Å²) in [5.41, 5.74) is 1.89. The maximum atomic E-state index is 3.39. The van der Waals surface area contributed by atoms with E-state index < -0.39 is 0 Å². The molecule has 1 heteroatoms. The Bertz CT molecular complexity index is 302. The minimum absolute atomic E-state index is 0.399. The standard InChI is InChI=1S/C13H19N/c1-13(2)11(9-12(13)14-3)10-7-5-4-6-8-10/h4-8,11-12,14H,9H2,1-3H3. The summed E-state index contributed by atoms with van der Waals surface area (Å²) in [5.74, 6) is 0.723. The molecule has 1 fully saturated rings. The molecule has 0 aliphatic heterocycles. The molecule has 1 nitrogen and oxygen atoms in total. The lowest BCUT2D eigenvalue weighted by atomic mass is 9.56. The van der Waals surface area contributed by atoms with Crippen molar-refractivity contribution in [3.05, 3.63) is 35.9 Å². The highest BCUT2D eigenvalue weighted by Crippen LogP contribution is 2.52. The molecular formula is C13H19N. The van der Waals surface area contributed by atoms with Crippen LogP contribution >= 0.6 is 0 Å². The van der Waals surface area contributed by atoms with Gasteiger partial charge in [0.25, 0.3) is 0 Å². The summed E-state index contributed by atoms with van der Waals surface area (Å²) >= 11 is 0. The van der Waals surface area contributed by atoms with Crippen LogP contribution in [0.25, 0.3) is 0 Å². The molecule has 76 valence electrons. The maximum Gasteiger partial charge on any atom is 0.0127 e. The van der Waals surface area contributed by atoms with E-state index in [2.05, 4.69) is 56.5 Å². The fourth-order valence-electron chi connectivity index (χ4n) is 2.67. The fraction of sp³-hybridized carbons (Fsp3) is 0.538. The minimum Gasteiger partial charge on any atom is -0.316 e. The lowest BCUT2D eigenvalue weighted by Crippen LogP contribution is -2.54. The molecule has 0 aromatic heterocycles. The molecule has 2 unspecified atom stereocenters. The molecule has 0 radical (unpaired) electrons. The second-order valence-electron chi connectivity index (χ2n) is 4.86. The molecule has 0 bridgehead atoms. The first-order valence-electron chi connectivity index (χ1n) is 5.38. The van der Waals surface area contributed by atoms with Gasteiger partial charge in [-0.3, -0.25) is 0 Å². The molecule has 2 rings (SSSR count). The number of hydrogen-bond acceptors (Lipinski definition) is 1. The van der Waals surface area contributed by atoms with E-state index in [0.29, 0.717) is 11.5 Å². The van der Waals surface area contributed by atoms with Crippen molar-refractivity contribution in [1.82, 2.24) is 5.32 Å². The van der Waals surface area contributed by atoms with Gasteiger partial charge in [0.2, 0.25) is 0 Å². The molecule has 1 aliphatic rings. The minimum atomic E-state index is 0.399. The summed E-state index contributed by atoms with van der Waals surface area (Å²) in [6, 6.07) is 11.5. The van der Waals surface area contributed by atoms with Crippen LogP contribution in [-0.2, 0) is 0 Å². The second kappa shape index (κ2) is 3.39. The Morgan fingerprint density at radius 1 is 1.21 bits per heavy atom. The highest BCUT2D eigenvalue weighted by atomic mass is 14.9. The molecule has 1 aromatic rings. The first-order chi connectivity index (χ1) is 6.66. The lowest BCUT2D eigenvalue weighted by molar-refractivity contribution is 0.0751. The van der Waals surface area contributed by atoms with Gasteiger partial charge in [-0.05, 0) is 30.4 Å². The Labute approximate surface area is 86.5 Å². The SMILES string of the molecule is CNC1CC(c2ccccc2)C1(C)C. The van der Waals surface area contributed by atoms with Crippen molar-refractivity contribution in [2.24, 2.45) is 5.41 Å². The van der Waals surface area contributed by atoms with Crippen molar-refractivity contribution in [3.63, 3.8) is 0 Å². The third-order valence-electron chi connectivity index (χ3n) is 3.82. The van der Waals surface area contributed by atoms with E-state index >= 15 is 0 Å². The average molecular weight is 189 g/mol. The van der Waals surface area contributed by atoms with Crippen LogP contribution in [-0.4, -0.2) is 13.1 Å². The lowest BCUT2D eigenvalue weighted by Gasteiger charge is -2.52. The highest BCUT2D eigenvalue weighted by Gasteiger charge is 2.47. The van der Waals surface area contributed by atoms with Gasteiger partial charge in [0, 0.05) is 6.04 Å². The third kappa shape index (κ3) is 1.36. The van der Waals surface area contributed by atoms with Crippen LogP contribution in [0.4, 0.5) is 0 Å². The molecule has 14 heavy (non-hydrogen) atoms. The fourth-order valence-corrected chi connectivity index (χ4v) is 2.67. The summed E-state index contributed by atoms with van der Waals surface area (Å²) in [6.07, 6.45) is 1.27. The van der Waals surface area contributed by atoms with Gasteiger partial charge < -0.3 is 5.32 Å². The van der Waals surface area contributed by atoms with E-state index in [1.165, 1.54) is 12.0 Å². The van der Waals surface area contributed by atoms with Crippen molar-refractivity contribution < 1.29 is 0 Å². The predicted octanol–water partition coefficient (Wildman–Crippen LogP) is 2.79. The molecular weight excluding hydrogens is 170 g/mol. The van der Waals surface area contributed by atoms with Crippen molar-refractivity contribution in [1.29, 1.82) is 0 Å². The van der Waals surface area contributed by atoms with Crippen LogP contribution in [0.2, 0.25) is 0 Å². The molecule has 0 amide bonds. The van der Waals surface area contributed by atoms with Crippen LogP contribution in [0.15, 0.2) is 30.3 Å². The Hall–Kier alpha value is -0.820. The van der Waals surface area contributed by atoms with E-state index in [1.807, 2.05) is 0 Å². The summed E-state index contributed by atoms with van der Waals surface area (Å²) < 4.78 is 0. The van der Waals surface area contributed by atoms with E-state index in [1.54, 1.807) is 0 Å². The van der Waals surface area contributed by atoms with Crippen LogP contribution in [0.1, 0.15) is 31.7 Å². The van der Waals surface area contributed by atoms with E-state index in [9.17, 15) is 0 Å². The molecule has 1 N–H and O–H groups in total. The third-order valence-corrected chi connectivity index (χ3v) is 3.82. The van der Waals surface area contributed by atoms with Crippen LogP contribution in [0.3, 0.4) is 0 Å². The van der Waals surface area contributed by atoms with Crippen LogP contribution in [0, 0.1) is 5.41 Å². The quantitative estimate of drug-likeness (QED) is 0.754. The summed E-state index contributed by atoms with van der Waals surface area (Å²) in [7, 11) is 2.06. The number of nitrogens with one attached hydrogen (secondary N) is 1. The first-order valence-corrected chi connectivity index (χ1v) is 5.38. The predicted molar refractivity (Wildman–Crippen MR) is 60.4 cm³/mol. The number of rotatable bonds is 2. The van der Waals surface area contributed by atoms with Crippen LogP contribution in [0.5, 0.6) is 0 Å². The van der Waals surface area contributed by atoms with Gasteiger partial charge in [-0.1, -0.05) is 44.2 Å². The second-order valence-corrected chi connectivity index (χ2v) is 4.86. The number of hydrogen-bond donors (Lipinski definition) is 1. The Kier molecular flexibility index (Phi) is 2.36. The first kappa shape index (κ1) is 9.72. The van der Waals surface area contributed by atoms with Crippen molar-refractivity contribution in [2.75, 3.05) is 7.05 Å². The van der Waals surface area contributed by atoms with E-state index in [4.69, 9.17) is 0 Å². The zero-order valence-corrected chi connectivity index (χ0v) is 9.25. The van der Waals surface area contributed by atoms with Gasteiger partial charge in [-0.2, -0.15) is 0 Å². The van der Waals surface area contributed by atoms with Gasteiger partial charge in [0.05, 0.1) is 0 Å². The Balaban J connectivity index is 2.17. The van der Waals surface area contributed by atoms with Gasteiger partial charge >= 0.3 is 0 Å². The van der Waals surface area contributed by atoms with Crippen molar-refractivity contribution in [3.8, 4) is 0 Å². The van der Waals surface area contributed by atoms with Crippen LogP contribution < -0.4 is 5.32 Å². The summed E-state index contributed by atoms with van der Waals surface area (Å²) in [4.78, 5) is 0. The molecule has 0 saturated heterocycles. The molecule has 1 aliphatic carbocycles. The molecule has 0 heterocycles. The van der Waals surface area contributed by atoms with Crippen molar-refractivity contribution >= 4 is 0 Å². The zero-order chi connectivity index (χ0) is 10.2. The molecule has 1 saturated carbocycles. The smallest absolute Gasteiger partial charge is 0.0127 e. The maximum absolute atomic E-state index is 3.39. The topological polar surface area (TPSA) is 12.0 Å². The molecule has 0 spiro atoms. The normalized spacial score (nSPS) is 29.6. The molecule has 1 aromatic carbocycles. The largest absolute Gasteiger partial charge is 0.316 e. The number of benzene rings is 1. The Morgan fingerprint density at radius 2 is 1.86 bits per heavy atom. The average Bonchev–Trinajstić information content (AvgIpc) is 2.18. The zero-order valence-electron chi connectivity index (χ0n) is 9.25. The van der Waals surface area contributed by atoms with Crippen molar-refractivity contribution in [2.45, 2.75) is 32.2 Å². The summed E-state index contributed by atoms with van der Waals surface area (Å²) in [6.45, 7) is 4.71. The van der Waals surface area contributed by atoms with Gasteiger partial charge in [0.1, 0.15) is 0 Å². The molecule has 2 atom stereocenters. The summed E-state index contributed by atoms with van der Waals surface area (Å²) in [5, 5.41) is 3.39. The monoisotopic (exact) mass is 189 g/mol. The van der Waals surface area contributed by atoms with E-state index in [0.717, 1.165) is 5.92 Å².